The molecule has 0 bridgehead atoms. The minimum atomic E-state index is -0.435. The van der Waals surface area contributed by atoms with Crippen LogP contribution >= 0.6 is 0 Å². The van der Waals surface area contributed by atoms with Gasteiger partial charge in [0, 0.05) is 5.57 Å². The Morgan fingerprint density at radius 1 is 1.62 bits per heavy atom. The highest BCUT2D eigenvalue weighted by molar-refractivity contribution is 5.90. The highest BCUT2D eigenvalue weighted by Gasteiger charge is 1.86. The highest BCUT2D eigenvalue weighted by atomic mass is 16.1. The lowest BCUT2D eigenvalue weighted by Crippen LogP contribution is -2.10. The molecular weight excluding hydrogens is 102 g/mol. The maximum atomic E-state index is 9.82. The van der Waals surface area contributed by atoms with Gasteiger partial charge in [0.2, 0.25) is 5.91 Å². The first-order valence-electron chi connectivity index (χ1n) is 1.93. The van der Waals surface area contributed by atoms with Gasteiger partial charge in [0.05, 0.1) is 0 Å². The molecule has 0 atom stereocenters. The number of hydrogen-bond donors (Lipinski definition) is 1. The first-order chi connectivity index (χ1) is 3.64. The van der Waals surface area contributed by atoms with E-state index < -0.39 is 5.91 Å². The van der Waals surface area contributed by atoms with Crippen LogP contribution in [0.2, 0.25) is 0 Å². The summed E-state index contributed by atoms with van der Waals surface area (Å²) >= 11 is 0. The first kappa shape index (κ1) is 9.91. The summed E-state index contributed by atoms with van der Waals surface area (Å²) in [6.45, 7) is 4.85. The third kappa shape index (κ3) is 8.84. The van der Waals surface area contributed by atoms with Gasteiger partial charge in [0.1, 0.15) is 0 Å². The van der Waals surface area contributed by atoms with Crippen LogP contribution in [0.5, 0.6) is 0 Å². The maximum Gasteiger partial charge on any atom is 0.243 e. The van der Waals surface area contributed by atoms with Gasteiger partial charge in [-0.3, -0.25) is 4.79 Å². The van der Waals surface area contributed by atoms with Crippen molar-refractivity contribution < 1.29 is 4.79 Å². The van der Waals surface area contributed by atoms with E-state index in [0.29, 0.717) is 5.57 Å². The average molecular weight is 111 g/mol. The van der Waals surface area contributed by atoms with E-state index in [-0.39, 0.29) is 0 Å². The Morgan fingerprint density at radius 3 is 1.75 bits per heavy atom. The van der Waals surface area contributed by atoms with Crippen LogP contribution in [0.25, 0.3) is 0 Å². The van der Waals surface area contributed by atoms with Crippen LogP contribution in [-0.2, 0) is 4.79 Å². The molecule has 2 heteroatoms. The van der Waals surface area contributed by atoms with Gasteiger partial charge < -0.3 is 5.73 Å². The monoisotopic (exact) mass is 111 g/mol. The van der Waals surface area contributed by atoms with Crippen molar-refractivity contribution in [2.75, 3.05) is 0 Å². The zero-order chi connectivity index (χ0) is 7.15. The number of amides is 1. The Kier molecular flexibility index (Phi) is 7.14. The van der Waals surface area contributed by atoms with E-state index in [0.717, 1.165) is 0 Å². The normalized spacial score (nSPS) is 5.88. The van der Waals surface area contributed by atoms with Crippen molar-refractivity contribution in [1.29, 1.82) is 0 Å². The molecule has 0 saturated carbocycles. The SMILES string of the molecule is C#C.C=C(C)C(N)=O. The van der Waals surface area contributed by atoms with Gasteiger partial charge in [0.15, 0.2) is 0 Å². The van der Waals surface area contributed by atoms with Gasteiger partial charge in [0.25, 0.3) is 0 Å². The van der Waals surface area contributed by atoms with Crippen molar-refractivity contribution in [2.45, 2.75) is 6.92 Å². The molecule has 8 heavy (non-hydrogen) atoms. The fourth-order valence-corrected chi connectivity index (χ4v) is 0. The highest BCUT2D eigenvalue weighted by Crippen LogP contribution is 1.78. The average Bonchev–Trinajstić information content (AvgIpc) is 1.72. The second-order valence-corrected chi connectivity index (χ2v) is 1.14. The molecule has 0 spiro atoms. The van der Waals surface area contributed by atoms with Gasteiger partial charge in [-0.2, -0.15) is 0 Å². The summed E-state index contributed by atoms with van der Waals surface area (Å²) in [4.78, 5) is 9.82. The Morgan fingerprint density at radius 2 is 1.75 bits per heavy atom. The molecule has 0 aliphatic rings. The van der Waals surface area contributed by atoms with Crippen LogP contribution in [-0.4, -0.2) is 5.91 Å². The van der Waals surface area contributed by atoms with Crippen molar-refractivity contribution >= 4 is 5.91 Å². The molecule has 2 N–H and O–H groups in total. The van der Waals surface area contributed by atoms with Gasteiger partial charge in [-0.25, -0.2) is 0 Å². The molecule has 0 heterocycles. The Bertz CT molecular complexity index is 101. The van der Waals surface area contributed by atoms with Crippen LogP contribution < -0.4 is 5.73 Å². The van der Waals surface area contributed by atoms with Gasteiger partial charge in [-0.1, -0.05) is 6.58 Å². The van der Waals surface area contributed by atoms with Crippen molar-refractivity contribution in [3.8, 4) is 12.8 Å². The van der Waals surface area contributed by atoms with Crippen LogP contribution in [0.1, 0.15) is 6.92 Å². The molecule has 0 aliphatic carbocycles. The predicted molar refractivity (Wildman–Crippen MR) is 33.9 cm³/mol. The van der Waals surface area contributed by atoms with Crippen molar-refractivity contribution in [2.24, 2.45) is 5.73 Å². The molecule has 0 aromatic rings. The number of hydrogen-bond acceptors (Lipinski definition) is 1. The fourth-order valence-electron chi connectivity index (χ4n) is 0. The summed E-state index contributed by atoms with van der Waals surface area (Å²) in [5.74, 6) is -0.435. The lowest BCUT2D eigenvalue weighted by molar-refractivity contribution is -0.114. The molecule has 0 aliphatic heterocycles. The number of carbonyl (C=O) groups excluding carboxylic acids is 1. The summed E-state index contributed by atoms with van der Waals surface area (Å²) in [6, 6.07) is 0. The standard InChI is InChI=1S/C4H7NO.C2H2/c1-3(2)4(5)6;1-2/h1H2,2H3,(H2,5,6);1-2H. The van der Waals surface area contributed by atoms with Gasteiger partial charge in [-0.15, -0.1) is 12.8 Å². The van der Waals surface area contributed by atoms with Gasteiger partial charge in [-0.05, 0) is 6.92 Å². The topological polar surface area (TPSA) is 43.1 Å². The quantitative estimate of drug-likeness (QED) is 0.383. The van der Waals surface area contributed by atoms with E-state index >= 15 is 0 Å². The zero-order valence-corrected chi connectivity index (χ0v) is 4.85. The van der Waals surface area contributed by atoms with E-state index in [9.17, 15) is 4.79 Å². The molecule has 0 fully saturated rings. The second-order valence-electron chi connectivity index (χ2n) is 1.14. The lowest BCUT2D eigenvalue weighted by Gasteiger charge is -1.81. The van der Waals surface area contributed by atoms with Crippen LogP contribution in [0.4, 0.5) is 0 Å². The number of carbonyl (C=O) groups is 1. The van der Waals surface area contributed by atoms with Crippen LogP contribution in [0.15, 0.2) is 12.2 Å². The van der Waals surface area contributed by atoms with Crippen LogP contribution in [0, 0.1) is 12.8 Å². The maximum absolute atomic E-state index is 9.82. The van der Waals surface area contributed by atoms with Gasteiger partial charge >= 0.3 is 0 Å². The first-order valence-corrected chi connectivity index (χ1v) is 1.93. The molecule has 0 aromatic carbocycles. The molecule has 1 amide bonds. The van der Waals surface area contributed by atoms with E-state index in [4.69, 9.17) is 5.73 Å². The summed E-state index contributed by atoms with van der Waals surface area (Å²) in [5, 5.41) is 0. The molecule has 0 rings (SSSR count). The minimum Gasteiger partial charge on any atom is -0.366 e. The third-order valence-electron chi connectivity index (χ3n) is 0.421. The van der Waals surface area contributed by atoms with Crippen molar-refractivity contribution in [3.63, 3.8) is 0 Å². The van der Waals surface area contributed by atoms with E-state index in [1.165, 1.54) is 0 Å². The molecule has 2 nitrogen and oxygen atoms in total. The zero-order valence-electron chi connectivity index (χ0n) is 4.85. The lowest BCUT2D eigenvalue weighted by atomic mass is 10.3. The van der Waals surface area contributed by atoms with Crippen LogP contribution in [0.3, 0.4) is 0 Å². The number of terminal acetylenes is 1. The Hall–Kier alpha value is -1.23. The summed E-state index contributed by atoms with van der Waals surface area (Å²) in [7, 11) is 0. The fraction of sp³-hybridized carbons (Fsp3) is 0.167. The molecule has 0 aromatic heterocycles. The summed E-state index contributed by atoms with van der Waals surface area (Å²) < 4.78 is 0. The molecule has 0 saturated heterocycles. The summed E-state index contributed by atoms with van der Waals surface area (Å²) in [6.07, 6.45) is 8.00. The Balaban J connectivity index is 0. The largest absolute Gasteiger partial charge is 0.366 e. The summed E-state index contributed by atoms with van der Waals surface area (Å²) in [5.41, 5.74) is 5.09. The second kappa shape index (κ2) is 5.77. The van der Waals surface area contributed by atoms with Crippen molar-refractivity contribution in [3.05, 3.63) is 12.2 Å². The molecular formula is C6H9NO. The predicted octanol–water partition coefficient (Wildman–Crippen LogP) is 0.297. The third-order valence-corrected chi connectivity index (χ3v) is 0.421. The number of rotatable bonds is 1. The smallest absolute Gasteiger partial charge is 0.243 e. The number of nitrogens with two attached hydrogens (primary N) is 1. The van der Waals surface area contributed by atoms with E-state index in [1.807, 2.05) is 0 Å². The molecule has 0 radical (unpaired) electrons. The number of primary amides is 1. The van der Waals surface area contributed by atoms with E-state index in [1.54, 1.807) is 6.92 Å². The molecule has 0 unspecified atom stereocenters. The van der Waals surface area contributed by atoms with Crippen molar-refractivity contribution in [1.82, 2.24) is 0 Å². The Labute approximate surface area is 49.4 Å². The van der Waals surface area contributed by atoms with E-state index in [2.05, 4.69) is 19.4 Å². The minimum absolute atomic E-state index is 0.398. The molecule has 44 valence electrons.